The van der Waals surface area contributed by atoms with Crippen molar-refractivity contribution in [2.75, 3.05) is 13.2 Å². The van der Waals surface area contributed by atoms with Crippen LogP contribution in [0.1, 0.15) is 14.3 Å². The van der Waals surface area contributed by atoms with E-state index in [0.717, 1.165) is 26.1 Å². The fraction of sp³-hybridized carbons (Fsp3) is 1.00. The van der Waals surface area contributed by atoms with Gasteiger partial charge in [-0.15, -0.1) is 0 Å². The first-order chi connectivity index (χ1) is 3.00. The van der Waals surface area contributed by atoms with Gasteiger partial charge < -0.3 is 0 Å². The third kappa shape index (κ3) is 0.954. The van der Waals surface area contributed by atoms with Crippen molar-refractivity contribution in [1.29, 1.82) is 0 Å². The fourth-order valence-electron chi connectivity index (χ4n) is 0.440. The maximum atomic E-state index is 4.57. The molecule has 2 heteroatoms. The molecule has 0 aliphatic carbocycles. The summed E-state index contributed by atoms with van der Waals surface area (Å²) in [6.45, 7) is 1.56. The summed E-state index contributed by atoms with van der Waals surface area (Å²) in [4.78, 5) is 9.14. The largest absolute Gasteiger partial charge is 0.237 e. The van der Waals surface area contributed by atoms with Crippen LogP contribution in [0.5, 0.6) is 0 Å². The summed E-state index contributed by atoms with van der Waals surface area (Å²) < 4.78 is 0. The van der Waals surface area contributed by atoms with Crippen LogP contribution in [0.25, 0.3) is 0 Å². The molecule has 1 fully saturated rings. The molecule has 0 amide bonds. The number of hydrogen-bond donors (Lipinski definition) is 0. The van der Waals surface area contributed by atoms with Gasteiger partial charge in [-0.05, 0) is 12.8 Å². The Bertz CT molecular complexity index is 25.2. The third-order valence-corrected chi connectivity index (χ3v) is 0.789. The van der Waals surface area contributed by atoms with Gasteiger partial charge in [0.05, 0.1) is 13.2 Å². The lowest BCUT2D eigenvalue weighted by atomic mass is 10.3. The topological polar surface area (TPSA) is 18.5 Å². The van der Waals surface area contributed by atoms with Gasteiger partial charge in [0.2, 0.25) is 0 Å². The maximum Gasteiger partial charge on any atom is 0.0823 e. The summed E-state index contributed by atoms with van der Waals surface area (Å²) in [5.41, 5.74) is 0. The number of rotatable bonds is 0. The second-order valence-corrected chi connectivity index (χ2v) is 1.35. The first-order valence-electron chi connectivity index (χ1n) is 2.24. The van der Waals surface area contributed by atoms with E-state index in [0.29, 0.717) is 0 Å². The van der Waals surface area contributed by atoms with Crippen LogP contribution in [-0.2, 0) is 9.78 Å². The third-order valence-electron chi connectivity index (χ3n) is 0.789. The average molecular weight is 89.1 g/mol. The SMILES string of the molecule is C1CCOOC1.[H]. The van der Waals surface area contributed by atoms with Crippen molar-refractivity contribution in [3.63, 3.8) is 0 Å². The first-order valence-corrected chi connectivity index (χ1v) is 2.24. The molecule has 6 heavy (non-hydrogen) atoms. The molecule has 1 aliphatic heterocycles. The van der Waals surface area contributed by atoms with Crippen molar-refractivity contribution in [2.45, 2.75) is 12.8 Å². The quantitative estimate of drug-likeness (QED) is 0.409. The Morgan fingerprint density at radius 1 is 1.00 bits per heavy atom. The Balaban J connectivity index is 0.000000360. The lowest BCUT2D eigenvalue weighted by Crippen LogP contribution is -2.05. The Labute approximate surface area is 38.5 Å². The Kier molecular flexibility index (Phi) is 1.47. The van der Waals surface area contributed by atoms with E-state index in [-0.39, 0.29) is 1.43 Å². The highest BCUT2D eigenvalue weighted by molar-refractivity contribution is 4.36. The molecular formula is C4H9O2. The minimum atomic E-state index is 0. The molecule has 0 N–H and O–H groups in total. The van der Waals surface area contributed by atoms with Gasteiger partial charge in [0.15, 0.2) is 0 Å². The molecule has 0 aromatic heterocycles. The van der Waals surface area contributed by atoms with E-state index in [2.05, 4.69) is 9.78 Å². The highest BCUT2D eigenvalue weighted by atomic mass is 17.2. The van der Waals surface area contributed by atoms with E-state index in [1.807, 2.05) is 0 Å². The molecule has 1 saturated heterocycles. The van der Waals surface area contributed by atoms with Gasteiger partial charge >= 0.3 is 0 Å². The molecule has 0 atom stereocenters. The van der Waals surface area contributed by atoms with Crippen molar-refractivity contribution >= 4 is 0 Å². The maximum absolute atomic E-state index is 4.57. The van der Waals surface area contributed by atoms with Gasteiger partial charge in [0.25, 0.3) is 0 Å². The molecule has 0 unspecified atom stereocenters. The molecule has 0 aromatic rings. The molecule has 2 nitrogen and oxygen atoms in total. The zero-order valence-corrected chi connectivity index (χ0v) is 3.64. The van der Waals surface area contributed by atoms with Crippen molar-refractivity contribution in [3.8, 4) is 0 Å². The monoisotopic (exact) mass is 89.1 g/mol. The van der Waals surface area contributed by atoms with Gasteiger partial charge in [-0.2, -0.15) is 0 Å². The van der Waals surface area contributed by atoms with Crippen LogP contribution >= 0.6 is 0 Å². The summed E-state index contributed by atoms with van der Waals surface area (Å²) >= 11 is 0. The van der Waals surface area contributed by atoms with Crippen molar-refractivity contribution < 1.29 is 11.2 Å². The summed E-state index contributed by atoms with van der Waals surface area (Å²) in [5.74, 6) is 0. The minimum absolute atomic E-state index is 0. The van der Waals surface area contributed by atoms with Gasteiger partial charge in [-0.3, -0.25) is 0 Å². The lowest BCUT2D eigenvalue weighted by Gasteiger charge is -2.07. The van der Waals surface area contributed by atoms with Gasteiger partial charge in [0, 0.05) is 1.43 Å². The Hall–Kier alpha value is -0.0800. The smallest absolute Gasteiger partial charge is 0.0823 e. The van der Waals surface area contributed by atoms with Gasteiger partial charge in [-0.1, -0.05) is 0 Å². The lowest BCUT2D eigenvalue weighted by molar-refractivity contribution is -0.312. The van der Waals surface area contributed by atoms with Crippen molar-refractivity contribution in [3.05, 3.63) is 0 Å². The molecular weight excluding hydrogens is 80.0 g/mol. The summed E-state index contributed by atoms with van der Waals surface area (Å²) in [6.07, 6.45) is 2.31. The predicted octanol–water partition coefficient (Wildman–Crippen LogP) is 0.841. The van der Waals surface area contributed by atoms with Crippen LogP contribution in [0.15, 0.2) is 0 Å². The van der Waals surface area contributed by atoms with E-state index < -0.39 is 0 Å². The molecule has 1 radical (unpaired) electrons. The number of hydrogen-bond acceptors (Lipinski definition) is 2. The van der Waals surface area contributed by atoms with Crippen LogP contribution in [0, 0.1) is 0 Å². The van der Waals surface area contributed by atoms with Crippen LogP contribution < -0.4 is 0 Å². The van der Waals surface area contributed by atoms with E-state index in [9.17, 15) is 0 Å². The normalized spacial score (nSPS) is 24.0. The zero-order valence-electron chi connectivity index (χ0n) is 4.64. The summed E-state index contributed by atoms with van der Waals surface area (Å²) in [6, 6.07) is 0. The van der Waals surface area contributed by atoms with Crippen LogP contribution in [0.2, 0.25) is 0 Å². The molecule has 37 valence electrons. The van der Waals surface area contributed by atoms with Crippen molar-refractivity contribution in [1.82, 2.24) is 0 Å². The molecule has 1 aliphatic rings. The molecule has 0 bridgehead atoms. The second-order valence-electron chi connectivity index (χ2n) is 1.35. The average Bonchev–Trinajstić information content (AvgIpc) is 1.72. The fourth-order valence-corrected chi connectivity index (χ4v) is 0.440. The van der Waals surface area contributed by atoms with Crippen LogP contribution in [0.3, 0.4) is 0 Å². The van der Waals surface area contributed by atoms with Gasteiger partial charge in [-0.25, -0.2) is 9.78 Å². The molecule has 0 aromatic carbocycles. The summed E-state index contributed by atoms with van der Waals surface area (Å²) in [7, 11) is 0. The highest BCUT2D eigenvalue weighted by Gasteiger charge is 1.95. The predicted molar refractivity (Wildman–Crippen MR) is 22.2 cm³/mol. The van der Waals surface area contributed by atoms with Crippen LogP contribution in [-0.4, -0.2) is 13.2 Å². The summed E-state index contributed by atoms with van der Waals surface area (Å²) in [5, 5.41) is 0. The minimum Gasteiger partial charge on any atom is -0.237 e. The van der Waals surface area contributed by atoms with Gasteiger partial charge in [0.1, 0.15) is 0 Å². The Morgan fingerprint density at radius 2 is 1.50 bits per heavy atom. The standard InChI is InChI=1S/C4H8O2.H/c1-2-4-6-5-3-1;/h1-4H2;. The molecule has 0 saturated carbocycles. The molecule has 0 spiro atoms. The zero-order chi connectivity index (χ0) is 4.24. The van der Waals surface area contributed by atoms with Crippen LogP contribution in [0.4, 0.5) is 0 Å². The van der Waals surface area contributed by atoms with E-state index >= 15 is 0 Å². The molecule has 1 rings (SSSR count). The van der Waals surface area contributed by atoms with E-state index in [1.54, 1.807) is 0 Å². The first kappa shape index (κ1) is 4.09. The van der Waals surface area contributed by atoms with E-state index in [4.69, 9.17) is 0 Å². The highest BCUT2D eigenvalue weighted by Crippen LogP contribution is 1.97. The Morgan fingerprint density at radius 3 is 1.67 bits per heavy atom. The second kappa shape index (κ2) is 2.16. The van der Waals surface area contributed by atoms with Crippen molar-refractivity contribution in [2.24, 2.45) is 0 Å². The van der Waals surface area contributed by atoms with E-state index in [1.165, 1.54) is 0 Å². The molecule has 1 heterocycles.